The summed E-state index contributed by atoms with van der Waals surface area (Å²) in [6.07, 6.45) is 3.79. The first kappa shape index (κ1) is 14.2. The van der Waals surface area contributed by atoms with E-state index in [0.717, 1.165) is 25.7 Å². The Bertz CT molecular complexity index is 382. The van der Waals surface area contributed by atoms with Crippen molar-refractivity contribution in [3.8, 4) is 0 Å². The molecule has 1 saturated heterocycles. The van der Waals surface area contributed by atoms with Crippen LogP contribution in [0.3, 0.4) is 0 Å². The highest BCUT2D eigenvalue weighted by Crippen LogP contribution is 2.24. The van der Waals surface area contributed by atoms with Crippen LogP contribution in [0.1, 0.15) is 25.7 Å². The Hall–Kier alpha value is -1.24. The van der Waals surface area contributed by atoms with Gasteiger partial charge in [-0.1, -0.05) is 12.8 Å². The number of hydrogen-bond acceptors (Lipinski definition) is 4. The summed E-state index contributed by atoms with van der Waals surface area (Å²) in [7, 11) is 0. The number of nitrogens with zero attached hydrogens (tertiary/aromatic N) is 2. The average molecular weight is 286 g/mol. The molecule has 1 saturated carbocycles. The smallest absolute Gasteiger partial charge is 0.323 e. The van der Waals surface area contributed by atoms with Gasteiger partial charge in [-0.05, 0) is 12.8 Å². The van der Waals surface area contributed by atoms with Crippen molar-refractivity contribution in [3.05, 3.63) is 0 Å². The molecular formula is C12H18N2O4S. The number of hydrogen-bond donors (Lipinski definition) is 1. The quantitative estimate of drug-likeness (QED) is 0.790. The normalized spacial score (nSPS) is 20.0. The van der Waals surface area contributed by atoms with Gasteiger partial charge in [0.05, 0.1) is 11.6 Å². The minimum absolute atomic E-state index is 0.00954. The molecule has 0 aromatic carbocycles. The van der Waals surface area contributed by atoms with Crippen LogP contribution >= 0.6 is 11.8 Å². The van der Waals surface area contributed by atoms with E-state index in [1.165, 1.54) is 21.6 Å². The molecule has 2 fully saturated rings. The van der Waals surface area contributed by atoms with Gasteiger partial charge in [0, 0.05) is 6.04 Å². The third kappa shape index (κ3) is 3.62. The fourth-order valence-electron chi connectivity index (χ4n) is 2.58. The monoisotopic (exact) mass is 286 g/mol. The summed E-state index contributed by atoms with van der Waals surface area (Å²) in [6, 6.07) is 0.0222. The van der Waals surface area contributed by atoms with Crippen molar-refractivity contribution in [2.24, 2.45) is 0 Å². The van der Waals surface area contributed by atoms with Gasteiger partial charge in [-0.25, -0.2) is 0 Å². The molecule has 0 unspecified atom stereocenters. The van der Waals surface area contributed by atoms with E-state index < -0.39 is 5.97 Å². The average Bonchev–Trinajstić information content (AvgIpc) is 2.98. The Morgan fingerprint density at radius 2 is 2.05 bits per heavy atom. The fourth-order valence-corrected chi connectivity index (χ4v) is 3.48. The minimum atomic E-state index is -0.998. The predicted octanol–water partition coefficient (Wildman–Crippen LogP) is 0.375. The molecule has 1 aliphatic carbocycles. The van der Waals surface area contributed by atoms with Gasteiger partial charge in [0.25, 0.3) is 0 Å². The number of carbonyl (C=O) groups is 3. The van der Waals surface area contributed by atoms with Crippen molar-refractivity contribution >= 4 is 29.5 Å². The summed E-state index contributed by atoms with van der Waals surface area (Å²) < 4.78 is 0. The van der Waals surface area contributed by atoms with Crippen LogP contribution in [0, 0.1) is 0 Å². The van der Waals surface area contributed by atoms with Crippen LogP contribution in [0.25, 0.3) is 0 Å². The molecule has 0 spiro atoms. The van der Waals surface area contributed by atoms with Gasteiger partial charge in [-0.3, -0.25) is 14.4 Å². The lowest BCUT2D eigenvalue weighted by Gasteiger charge is -2.29. The van der Waals surface area contributed by atoms with Crippen molar-refractivity contribution in [2.75, 3.05) is 24.7 Å². The zero-order valence-corrected chi connectivity index (χ0v) is 11.5. The molecule has 1 heterocycles. The van der Waals surface area contributed by atoms with E-state index in [1.54, 1.807) is 0 Å². The number of amides is 2. The maximum Gasteiger partial charge on any atom is 0.323 e. The van der Waals surface area contributed by atoms with Crippen LogP contribution in [0.4, 0.5) is 0 Å². The van der Waals surface area contributed by atoms with Gasteiger partial charge in [-0.15, -0.1) is 11.8 Å². The molecule has 0 aromatic rings. The second kappa shape index (κ2) is 6.27. The number of carboxylic acids is 1. The van der Waals surface area contributed by atoms with Gasteiger partial charge in [-0.2, -0.15) is 0 Å². The van der Waals surface area contributed by atoms with Crippen molar-refractivity contribution in [1.29, 1.82) is 0 Å². The van der Waals surface area contributed by atoms with E-state index in [4.69, 9.17) is 5.11 Å². The third-order valence-electron chi connectivity index (χ3n) is 3.54. The summed E-state index contributed by atoms with van der Waals surface area (Å²) in [6.45, 7) is -0.256. The summed E-state index contributed by atoms with van der Waals surface area (Å²) in [5.74, 6) is -0.348. The second-order valence-electron chi connectivity index (χ2n) is 4.92. The Kier molecular flexibility index (Phi) is 4.68. The zero-order chi connectivity index (χ0) is 13.8. The molecular weight excluding hydrogens is 268 g/mol. The SMILES string of the molecule is O=C(O)CN(C(=O)CN1CSCC1=O)C1CCCC1. The van der Waals surface area contributed by atoms with Crippen LogP contribution in [-0.2, 0) is 14.4 Å². The molecule has 2 aliphatic rings. The minimum Gasteiger partial charge on any atom is -0.480 e. The zero-order valence-electron chi connectivity index (χ0n) is 10.7. The van der Waals surface area contributed by atoms with E-state index in [2.05, 4.69) is 0 Å². The molecule has 0 bridgehead atoms. The van der Waals surface area contributed by atoms with E-state index in [1.807, 2.05) is 0 Å². The molecule has 1 aliphatic heterocycles. The van der Waals surface area contributed by atoms with Crippen LogP contribution in [0.5, 0.6) is 0 Å². The van der Waals surface area contributed by atoms with Gasteiger partial charge in [0.2, 0.25) is 11.8 Å². The second-order valence-corrected chi connectivity index (χ2v) is 5.88. The van der Waals surface area contributed by atoms with Crippen molar-refractivity contribution in [3.63, 3.8) is 0 Å². The fraction of sp³-hybridized carbons (Fsp3) is 0.750. The number of aliphatic carboxylic acids is 1. The molecule has 0 radical (unpaired) electrons. The standard InChI is InChI=1S/C12H18N2O4S/c15-10(5-13-8-19-7-11(13)16)14(6-12(17)18)9-3-1-2-4-9/h9H,1-8H2,(H,17,18). The first-order chi connectivity index (χ1) is 9.08. The van der Waals surface area contributed by atoms with Crippen molar-refractivity contribution < 1.29 is 19.5 Å². The third-order valence-corrected chi connectivity index (χ3v) is 4.49. The maximum absolute atomic E-state index is 12.2. The molecule has 0 atom stereocenters. The molecule has 2 rings (SSSR count). The molecule has 2 amide bonds. The van der Waals surface area contributed by atoms with Gasteiger partial charge in [0.15, 0.2) is 0 Å². The lowest BCUT2D eigenvalue weighted by molar-refractivity contribution is -0.147. The molecule has 7 heteroatoms. The lowest BCUT2D eigenvalue weighted by Crippen LogP contribution is -2.47. The highest BCUT2D eigenvalue weighted by Gasteiger charge is 2.31. The van der Waals surface area contributed by atoms with Crippen LogP contribution in [0.15, 0.2) is 0 Å². The molecule has 6 nitrogen and oxygen atoms in total. The van der Waals surface area contributed by atoms with Gasteiger partial charge < -0.3 is 14.9 Å². The first-order valence-electron chi connectivity index (χ1n) is 6.44. The lowest BCUT2D eigenvalue weighted by atomic mass is 10.2. The maximum atomic E-state index is 12.2. The van der Waals surface area contributed by atoms with Gasteiger partial charge >= 0.3 is 5.97 Å². The summed E-state index contributed by atoms with van der Waals surface area (Å²) in [4.78, 5) is 37.5. The summed E-state index contributed by atoms with van der Waals surface area (Å²) >= 11 is 1.48. The van der Waals surface area contributed by atoms with E-state index in [0.29, 0.717) is 11.6 Å². The van der Waals surface area contributed by atoms with Crippen LogP contribution < -0.4 is 0 Å². The molecule has 1 N–H and O–H groups in total. The molecule has 106 valence electrons. The summed E-state index contributed by atoms with van der Waals surface area (Å²) in [5.41, 5.74) is 0. The predicted molar refractivity (Wildman–Crippen MR) is 70.6 cm³/mol. The van der Waals surface area contributed by atoms with Gasteiger partial charge in [0.1, 0.15) is 13.1 Å². The number of carboxylic acid groups (broad SMARTS) is 1. The molecule has 19 heavy (non-hydrogen) atoms. The highest BCUT2D eigenvalue weighted by molar-refractivity contribution is 8.00. The highest BCUT2D eigenvalue weighted by atomic mass is 32.2. The van der Waals surface area contributed by atoms with Crippen LogP contribution in [0.2, 0.25) is 0 Å². The van der Waals surface area contributed by atoms with E-state index in [-0.39, 0.29) is 30.9 Å². The summed E-state index contributed by atoms with van der Waals surface area (Å²) in [5, 5.41) is 8.93. The Labute approximate surface area is 116 Å². The van der Waals surface area contributed by atoms with E-state index >= 15 is 0 Å². The topological polar surface area (TPSA) is 77.9 Å². The molecule has 0 aromatic heterocycles. The Balaban J connectivity index is 1.97. The van der Waals surface area contributed by atoms with Crippen molar-refractivity contribution in [1.82, 2.24) is 9.80 Å². The van der Waals surface area contributed by atoms with Crippen LogP contribution in [-0.4, -0.2) is 63.5 Å². The van der Waals surface area contributed by atoms with Crippen molar-refractivity contribution in [2.45, 2.75) is 31.7 Å². The van der Waals surface area contributed by atoms with E-state index in [9.17, 15) is 14.4 Å². The number of rotatable bonds is 5. The number of thioether (sulfide) groups is 1. The largest absolute Gasteiger partial charge is 0.480 e. The number of carbonyl (C=O) groups excluding carboxylic acids is 2. The Morgan fingerprint density at radius 3 is 2.58 bits per heavy atom. The first-order valence-corrected chi connectivity index (χ1v) is 7.60. The Morgan fingerprint density at radius 1 is 1.37 bits per heavy atom.